The fourth-order valence-corrected chi connectivity index (χ4v) is 1.29. The lowest BCUT2D eigenvalue weighted by molar-refractivity contribution is -0.101. The second-order valence-electron chi connectivity index (χ2n) is 4.64. The van der Waals surface area contributed by atoms with Gasteiger partial charge in [0.05, 0.1) is 0 Å². The Morgan fingerprint density at radius 1 is 0.611 bits per heavy atom. The maximum absolute atomic E-state index is 9.62. The fraction of sp³-hybridized carbons (Fsp3) is 0.667. The van der Waals surface area contributed by atoms with Crippen molar-refractivity contribution in [1.29, 1.82) is 0 Å². The van der Waals surface area contributed by atoms with E-state index in [1.165, 1.54) is 27.7 Å². The first-order valence-electron chi connectivity index (χ1n) is 5.56. The van der Waals surface area contributed by atoms with Crippen LogP contribution in [0.1, 0.15) is 27.7 Å². The highest BCUT2D eigenvalue weighted by molar-refractivity contribution is 5.13. The lowest BCUT2D eigenvalue weighted by atomic mass is 9.98. The Balaban J connectivity index is 4.97. The predicted octanol–water partition coefficient (Wildman–Crippen LogP) is 0.134. The summed E-state index contributed by atoms with van der Waals surface area (Å²) in [6.07, 6.45) is -7.11. The van der Waals surface area contributed by atoms with Gasteiger partial charge in [0, 0.05) is 0 Å². The van der Waals surface area contributed by atoms with Gasteiger partial charge in [-0.1, -0.05) is 0 Å². The van der Waals surface area contributed by atoms with Crippen LogP contribution < -0.4 is 0 Å². The molecule has 0 aromatic rings. The van der Waals surface area contributed by atoms with Crippen LogP contribution in [0.25, 0.3) is 0 Å². The monoisotopic (exact) mass is 262 g/mol. The molecule has 0 aliphatic carbocycles. The van der Waals surface area contributed by atoms with Crippen molar-refractivity contribution >= 4 is 0 Å². The standard InChI is InChI=1S/C12H22O6/c1-5(2)7(13)9(15)11(17)12(18)10(16)8(14)6(3)4/h9-18H,1-4H3/t9-,10+,11-,12-/m1/s1. The van der Waals surface area contributed by atoms with Crippen LogP contribution >= 0.6 is 0 Å². The fourth-order valence-electron chi connectivity index (χ4n) is 1.29. The summed E-state index contributed by atoms with van der Waals surface area (Å²) in [6, 6.07) is 0. The summed E-state index contributed by atoms with van der Waals surface area (Å²) in [5, 5.41) is 57.3. The molecule has 0 spiro atoms. The predicted molar refractivity (Wildman–Crippen MR) is 66.0 cm³/mol. The first-order chi connectivity index (χ1) is 8.11. The molecule has 0 saturated carbocycles. The summed E-state index contributed by atoms with van der Waals surface area (Å²) < 4.78 is 0. The van der Waals surface area contributed by atoms with Crippen LogP contribution in [0.5, 0.6) is 0 Å². The molecule has 106 valence electrons. The van der Waals surface area contributed by atoms with Crippen LogP contribution in [0, 0.1) is 0 Å². The first-order valence-corrected chi connectivity index (χ1v) is 5.56. The Hall–Kier alpha value is -1.08. The van der Waals surface area contributed by atoms with Crippen LogP contribution in [-0.4, -0.2) is 55.1 Å². The number of rotatable bonds is 5. The van der Waals surface area contributed by atoms with Gasteiger partial charge in [0.2, 0.25) is 0 Å². The summed E-state index contributed by atoms with van der Waals surface area (Å²) >= 11 is 0. The molecule has 6 N–H and O–H groups in total. The van der Waals surface area contributed by atoms with Gasteiger partial charge in [-0.2, -0.15) is 0 Å². The first kappa shape index (κ1) is 16.9. The van der Waals surface area contributed by atoms with Crippen LogP contribution in [0.4, 0.5) is 0 Å². The van der Waals surface area contributed by atoms with E-state index in [-0.39, 0.29) is 0 Å². The molecule has 0 saturated heterocycles. The molecular formula is C12H22O6. The van der Waals surface area contributed by atoms with E-state index in [0.29, 0.717) is 11.1 Å². The molecule has 18 heavy (non-hydrogen) atoms. The molecule has 6 heteroatoms. The van der Waals surface area contributed by atoms with Gasteiger partial charge in [-0.25, -0.2) is 0 Å². The van der Waals surface area contributed by atoms with Crippen molar-refractivity contribution in [3.63, 3.8) is 0 Å². The molecule has 0 rings (SSSR count). The summed E-state index contributed by atoms with van der Waals surface area (Å²) in [7, 11) is 0. The third kappa shape index (κ3) is 3.99. The van der Waals surface area contributed by atoms with E-state index in [1.807, 2.05) is 0 Å². The molecule has 0 aromatic heterocycles. The van der Waals surface area contributed by atoms with Crippen LogP contribution in [-0.2, 0) is 0 Å². The number of aliphatic hydroxyl groups is 6. The van der Waals surface area contributed by atoms with E-state index in [2.05, 4.69) is 0 Å². The average Bonchev–Trinajstić information content (AvgIpc) is 2.32. The second kappa shape index (κ2) is 6.75. The number of hydrogen-bond acceptors (Lipinski definition) is 6. The Morgan fingerprint density at radius 3 is 1.00 bits per heavy atom. The van der Waals surface area contributed by atoms with Crippen molar-refractivity contribution < 1.29 is 30.6 Å². The van der Waals surface area contributed by atoms with E-state index in [9.17, 15) is 30.6 Å². The summed E-state index contributed by atoms with van der Waals surface area (Å²) in [6.45, 7) is 6.06. The summed E-state index contributed by atoms with van der Waals surface area (Å²) in [5.74, 6) is -0.962. The largest absolute Gasteiger partial charge is 0.510 e. The minimum atomic E-state index is -1.82. The normalized spacial score (nSPS) is 17.6. The molecule has 0 aromatic carbocycles. The minimum absolute atomic E-state index is 0.370. The van der Waals surface area contributed by atoms with Crippen LogP contribution in [0.2, 0.25) is 0 Å². The maximum atomic E-state index is 9.62. The smallest absolute Gasteiger partial charge is 0.139 e. The lowest BCUT2D eigenvalue weighted by Gasteiger charge is -2.26. The maximum Gasteiger partial charge on any atom is 0.139 e. The SMILES string of the molecule is CC(C)=C(O)[C@@H](O)[C@@H](O)[C@H](O)[C@@H](O)C(O)=C(C)C. The van der Waals surface area contributed by atoms with Crippen molar-refractivity contribution in [2.75, 3.05) is 0 Å². The molecule has 6 nitrogen and oxygen atoms in total. The molecule has 0 aliphatic heterocycles. The van der Waals surface area contributed by atoms with Crippen molar-refractivity contribution in [2.45, 2.75) is 52.1 Å². The highest BCUT2D eigenvalue weighted by Crippen LogP contribution is 2.17. The van der Waals surface area contributed by atoms with Gasteiger partial charge in [-0.15, -0.1) is 0 Å². The third-order valence-corrected chi connectivity index (χ3v) is 2.58. The van der Waals surface area contributed by atoms with Gasteiger partial charge in [0.25, 0.3) is 0 Å². The van der Waals surface area contributed by atoms with E-state index < -0.39 is 35.9 Å². The highest BCUT2D eigenvalue weighted by atomic mass is 16.4. The molecule has 0 radical (unpaired) electrons. The molecule has 0 unspecified atom stereocenters. The van der Waals surface area contributed by atoms with E-state index in [0.717, 1.165) is 0 Å². The van der Waals surface area contributed by atoms with Gasteiger partial charge in [0.15, 0.2) is 0 Å². The highest BCUT2D eigenvalue weighted by Gasteiger charge is 2.34. The molecular weight excluding hydrogens is 240 g/mol. The summed E-state index contributed by atoms with van der Waals surface area (Å²) in [4.78, 5) is 0. The van der Waals surface area contributed by atoms with Gasteiger partial charge in [-0.05, 0) is 38.8 Å². The molecule has 4 atom stereocenters. The van der Waals surface area contributed by atoms with Crippen molar-refractivity contribution in [3.8, 4) is 0 Å². The molecule has 0 aliphatic rings. The van der Waals surface area contributed by atoms with E-state index in [4.69, 9.17) is 0 Å². The zero-order chi connectivity index (χ0) is 14.6. The molecule has 0 heterocycles. The average molecular weight is 262 g/mol. The topological polar surface area (TPSA) is 121 Å². The number of aliphatic hydroxyl groups excluding tert-OH is 6. The lowest BCUT2D eigenvalue weighted by Crippen LogP contribution is -2.46. The van der Waals surface area contributed by atoms with Crippen molar-refractivity contribution in [1.82, 2.24) is 0 Å². The minimum Gasteiger partial charge on any atom is -0.510 e. The number of hydrogen-bond donors (Lipinski definition) is 6. The zero-order valence-electron chi connectivity index (χ0n) is 11.0. The van der Waals surface area contributed by atoms with Gasteiger partial charge < -0.3 is 30.6 Å². The number of allylic oxidation sites excluding steroid dienone is 2. The van der Waals surface area contributed by atoms with E-state index in [1.54, 1.807) is 0 Å². The van der Waals surface area contributed by atoms with Crippen molar-refractivity contribution in [3.05, 3.63) is 22.7 Å². The zero-order valence-corrected chi connectivity index (χ0v) is 11.0. The van der Waals surface area contributed by atoms with Crippen LogP contribution in [0.15, 0.2) is 22.7 Å². The summed E-state index contributed by atoms with van der Waals surface area (Å²) in [5.41, 5.74) is 0.740. The van der Waals surface area contributed by atoms with Gasteiger partial charge in [0.1, 0.15) is 35.9 Å². The van der Waals surface area contributed by atoms with E-state index >= 15 is 0 Å². The Labute approximate surface area is 106 Å². The quantitative estimate of drug-likeness (QED) is 0.392. The Bertz CT molecular complexity index is 304. The van der Waals surface area contributed by atoms with Gasteiger partial charge >= 0.3 is 0 Å². The molecule has 0 bridgehead atoms. The second-order valence-corrected chi connectivity index (χ2v) is 4.64. The molecule has 0 amide bonds. The molecule has 0 fully saturated rings. The Morgan fingerprint density at radius 2 is 0.833 bits per heavy atom. The van der Waals surface area contributed by atoms with Crippen molar-refractivity contribution in [2.24, 2.45) is 0 Å². The van der Waals surface area contributed by atoms with Crippen LogP contribution in [0.3, 0.4) is 0 Å². The Kier molecular flexibility index (Phi) is 6.34. The third-order valence-electron chi connectivity index (χ3n) is 2.58. The van der Waals surface area contributed by atoms with Gasteiger partial charge in [-0.3, -0.25) is 0 Å².